The Morgan fingerprint density at radius 1 is 1.03 bits per heavy atom. The molecule has 0 fully saturated rings. The molecule has 0 saturated carbocycles. The number of nitrogens with zero attached hydrogens (tertiary/aromatic N) is 2. The van der Waals surface area contributed by atoms with Gasteiger partial charge in [-0.2, -0.15) is 0 Å². The molecule has 32 heavy (non-hydrogen) atoms. The second-order valence-corrected chi connectivity index (χ2v) is 7.40. The Morgan fingerprint density at radius 2 is 1.69 bits per heavy atom. The van der Waals surface area contributed by atoms with E-state index in [0.29, 0.717) is 34.5 Å². The highest BCUT2D eigenvalue weighted by molar-refractivity contribution is 6.34. The van der Waals surface area contributed by atoms with Crippen molar-refractivity contribution in [1.82, 2.24) is 0 Å². The van der Waals surface area contributed by atoms with Crippen LogP contribution in [0.5, 0.6) is 5.75 Å². The van der Waals surface area contributed by atoms with E-state index in [4.69, 9.17) is 21.4 Å². The quantitative estimate of drug-likeness (QED) is 0.523. The number of aromatic carboxylic acids is 1. The summed E-state index contributed by atoms with van der Waals surface area (Å²) in [4.78, 5) is 30.6. The maximum atomic E-state index is 13.3. The molecule has 0 aliphatic carbocycles. The Bertz CT molecular complexity index is 1210. The van der Waals surface area contributed by atoms with Crippen molar-refractivity contribution in [3.63, 3.8) is 0 Å². The fraction of sp³-hybridized carbons (Fsp3) is 0.0800. The molecule has 7 heteroatoms. The molecular formula is C25H19ClN2O4. The first-order valence-electron chi connectivity index (χ1n) is 9.93. The summed E-state index contributed by atoms with van der Waals surface area (Å²) in [5.41, 5.74) is 2.47. The molecule has 6 nitrogen and oxygen atoms in total. The molecule has 1 heterocycles. The zero-order valence-corrected chi connectivity index (χ0v) is 17.9. The topological polar surface area (TPSA) is 79.2 Å². The lowest BCUT2D eigenvalue weighted by Crippen LogP contribution is -2.32. The van der Waals surface area contributed by atoms with Crippen molar-refractivity contribution in [2.75, 3.05) is 11.5 Å². The van der Waals surface area contributed by atoms with Gasteiger partial charge >= 0.3 is 5.97 Å². The zero-order chi connectivity index (χ0) is 22.7. The number of amides is 1. The van der Waals surface area contributed by atoms with Gasteiger partial charge in [-0.3, -0.25) is 9.69 Å². The largest absolute Gasteiger partial charge is 0.494 e. The number of carbonyl (C=O) groups is 2. The summed E-state index contributed by atoms with van der Waals surface area (Å²) in [7, 11) is 0. The highest BCUT2D eigenvalue weighted by Gasteiger charge is 2.32. The van der Waals surface area contributed by atoms with Crippen molar-refractivity contribution in [2.24, 2.45) is 4.99 Å². The average Bonchev–Trinajstić information content (AvgIpc) is 3.11. The van der Waals surface area contributed by atoms with Crippen molar-refractivity contribution >= 4 is 41.1 Å². The SMILES string of the molecule is CCOc1ccc(N2C(=O)/C(=C\c3ccc(C(=O)O)cc3)N=C2c2ccc(Cl)cc2)cc1. The van der Waals surface area contributed by atoms with E-state index < -0.39 is 5.97 Å². The Balaban J connectivity index is 1.74. The smallest absolute Gasteiger partial charge is 0.335 e. The lowest BCUT2D eigenvalue weighted by atomic mass is 10.1. The Labute approximate surface area is 190 Å². The molecule has 4 rings (SSSR count). The van der Waals surface area contributed by atoms with Crippen molar-refractivity contribution in [2.45, 2.75) is 6.92 Å². The molecule has 0 bridgehead atoms. The minimum Gasteiger partial charge on any atom is -0.494 e. The summed E-state index contributed by atoms with van der Waals surface area (Å²) in [6.07, 6.45) is 1.64. The first kappa shape index (κ1) is 21.3. The van der Waals surface area contributed by atoms with Gasteiger partial charge in [0.1, 0.15) is 17.3 Å². The van der Waals surface area contributed by atoms with Gasteiger partial charge in [0, 0.05) is 10.6 Å². The van der Waals surface area contributed by atoms with E-state index in [2.05, 4.69) is 4.99 Å². The Morgan fingerprint density at radius 3 is 2.28 bits per heavy atom. The van der Waals surface area contributed by atoms with Gasteiger partial charge in [0.15, 0.2) is 0 Å². The highest BCUT2D eigenvalue weighted by Crippen LogP contribution is 2.29. The molecule has 1 aliphatic heterocycles. The second kappa shape index (κ2) is 9.08. The second-order valence-electron chi connectivity index (χ2n) is 6.97. The summed E-state index contributed by atoms with van der Waals surface area (Å²) in [6.45, 7) is 2.45. The standard InChI is InChI=1S/C25H19ClN2O4/c1-2-32-21-13-11-20(12-14-21)28-23(17-7-9-19(26)10-8-17)27-22(24(28)29)15-16-3-5-18(6-4-16)25(30)31/h3-15H,2H2,1H3,(H,30,31)/b22-15+. The molecule has 1 aliphatic rings. The third kappa shape index (κ3) is 4.40. The summed E-state index contributed by atoms with van der Waals surface area (Å²) in [5, 5.41) is 9.66. The number of hydrogen-bond acceptors (Lipinski definition) is 4. The average molecular weight is 447 g/mol. The first-order valence-corrected chi connectivity index (χ1v) is 10.3. The number of rotatable bonds is 6. The summed E-state index contributed by atoms with van der Waals surface area (Å²) >= 11 is 6.03. The lowest BCUT2D eigenvalue weighted by molar-refractivity contribution is -0.113. The van der Waals surface area contributed by atoms with Gasteiger partial charge in [-0.1, -0.05) is 23.7 Å². The van der Waals surface area contributed by atoms with Crippen LogP contribution in [0.25, 0.3) is 6.08 Å². The third-order valence-corrected chi connectivity index (χ3v) is 5.08. The van der Waals surface area contributed by atoms with Crippen LogP contribution in [0.3, 0.4) is 0 Å². The molecular weight excluding hydrogens is 428 g/mol. The number of hydrogen-bond donors (Lipinski definition) is 1. The van der Waals surface area contributed by atoms with Gasteiger partial charge < -0.3 is 9.84 Å². The number of halogens is 1. The van der Waals surface area contributed by atoms with Crippen LogP contribution in [0.15, 0.2) is 83.5 Å². The van der Waals surface area contributed by atoms with Crippen molar-refractivity contribution in [1.29, 1.82) is 0 Å². The minimum absolute atomic E-state index is 0.172. The first-order chi connectivity index (χ1) is 15.5. The molecule has 0 aromatic heterocycles. The Kier molecular flexibility index (Phi) is 6.05. The van der Waals surface area contributed by atoms with E-state index in [1.807, 2.05) is 6.92 Å². The maximum absolute atomic E-state index is 13.3. The van der Waals surface area contributed by atoms with Crippen molar-refractivity contribution in [3.05, 3.63) is 100 Å². The number of carbonyl (C=O) groups excluding carboxylic acids is 1. The normalized spacial score (nSPS) is 14.6. The molecule has 0 saturated heterocycles. The molecule has 0 atom stereocenters. The molecule has 3 aromatic rings. The molecule has 0 unspecified atom stereocenters. The minimum atomic E-state index is -1.01. The van der Waals surface area contributed by atoms with Gasteiger partial charge in [-0.15, -0.1) is 0 Å². The fourth-order valence-corrected chi connectivity index (χ4v) is 3.41. The number of ether oxygens (including phenoxy) is 1. The van der Waals surface area contributed by atoms with Gasteiger partial charge in [0.2, 0.25) is 0 Å². The van der Waals surface area contributed by atoms with E-state index in [1.54, 1.807) is 66.7 Å². The van der Waals surface area contributed by atoms with E-state index in [9.17, 15) is 9.59 Å². The predicted octanol–water partition coefficient (Wildman–Crippen LogP) is 5.27. The van der Waals surface area contributed by atoms with Gasteiger partial charge in [0.25, 0.3) is 5.91 Å². The van der Waals surface area contributed by atoms with E-state index in [0.717, 1.165) is 5.56 Å². The number of aliphatic imine (C=N–C) groups is 1. The number of anilines is 1. The summed E-state index contributed by atoms with van der Waals surface area (Å²) in [5.74, 6) is -0.112. The van der Waals surface area contributed by atoms with Crippen LogP contribution in [-0.2, 0) is 4.79 Å². The third-order valence-electron chi connectivity index (χ3n) is 4.83. The van der Waals surface area contributed by atoms with Crippen molar-refractivity contribution in [3.8, 4) is 5.75 Å². The van der Waals surface area contributed by atoms with Crippen LogP contribution in [0.4, 0.5) is 5.69 Å². The van der Waals surface area contributed by atoms with Gasteiger partial charge in [-0.05, 0) is 79.2 Å². The zero-order valence-electron chi connectivity index (χ0n) is 17.2. The van der Waals surface area contributed by atoms with E-state index in [-0.39, 0.29) is 17.2 Å². The van der Waals surface area contributed by atoms with Crippen LogP contribution in [0, 0.1) is 0 Å². The van der Waals surface area contributed by atoms with Crippen LogP contribution in [0.1, 0.15) is 28.4 Å². The number of carboxylic acid groups (broad SMARTS) is 1. The van der Waals surface area contributed by atoms with E-state index in [1.165, 1.54) is 17.0 Å². The predicted molar refractivity (Wildman–Crippen MR) is 124 cm³/mol. The monoisotopic (exact) mass is 446 g/mol. The van der Waals surface area contributed by atoms with Gasteiger partial charge in [0.05, 0.1) is 17.9 Å². The summed E-state index contributed by atoms with van der Waals surface area (Å²) < 4.78 is 5.50. The molecule has 1 amide bonds. The van der Waals surface area contributed by atoms with E-state index >= 15 is 0 Å². The van der Waals surface area contributed by atoms with Gasteiger partial charge in [-0.25, -0.2) is 9.79 Å². The van der Waals surface area contributed by atoms with Crippen LogP contribution >= 0.6 is 11.6 Å². The molecule has 0 spiro atoms. The molecule has 1 N–H and O–H groups in total. The molecule has 160 valence electrons. The molecule has 3 aromatic carbocycles. The van der Waals surface area contributed by atoms with Crippen molar-refractivity contribution < 1.29 is 19.4 Å². The lowest BCUT2D eigenvalue weighted by Gasteiger charge is -2.19. The number of carboxylic acids is 1. The summed E-state index contributed by atoms with van der Waals surface area (Å²) in [6, 6.07) is 20.6. The Hall–Kier alpha value is -3.90. The van der Waals surface area contributed by atoms with Crippen LogP contribution < -0.4 is 9.64 Å². The fourth-order valence-electron chi connectivity index (χ4n) is 3.29. The number of benzene rings is 3. The molecule has 0 radical (unpaired) electrons. The maximum Gasteiger partial charge on any atom is 0.335 e. The highest BCUT2D eigenvalue weighted by atomic mass is 35.5. The van der Waals surface area contributed by atoms with Crippen LogP contribution in [-0.4, -0.2) is 29.4 Å². The number of amidine groups is 1. The van der Waals surface area contributed by atoms with Crippen LogP contribution in [0.2, 0.25) is 5.02 Å².